The Morgan fingerprint density at radius 2 is 2.13 bits per heavy atom. The molecule has 1 atom stereocenters. The second-order valence-corrected chi connectivity index (χ2v) is 7.00. The van der Waals surface area contributed by atoms with Crippen molar-refractivity contribution in [3.05, 3.63) is 77.8 Å². The molecule has 0 radical (unpaired) electrons. The summed E-state index contributed by atoms with van der Waals surface area (Å²) in [5, 5.41) is 6.57. The number of aryl methyl sites for hydroxylation is 2. The smallest absolute Gasteiger partial charge is 0.288 e. The van der Waals surface area contributed by atoms with Gasteiger partial charge in [0.15, 0.2) is 0 Å². The van der Waals surface area contributed by atoms with E-state index in [2.05, 4.69) is 34.3 Å². The highest BCUT2D eigenvalue weighted by atomic mass is 19.3. The van der Waals surface area contributed by atoms with Crippen LogP contribution in [0.3, 0.4) is 0 Å². The standard InChI is InChI=1S/C23H26F2N4O/c1-7-17(16-12-10-11-15(4)13-16)26-18(8-2)19(9-3)27-22(30)20-14-21(23(5,24)25)28-29(20)6/h8,10-14,19H,1-2,9H2,3-6H3,(H,27,30). The van der Waals surface area contributed by atoms with Crippen molar-refractivity contribution in [3.63, 3.8) is 0 Å². The molecule has 1 aromatic heterocycles. The van der Waals surface area contributed by atoms with Gasteiger partial charge in [-0.2, -0.15) is 13.9 Å². The molecule has 0 aliphatic heterocycles. The highest BCUT2D eigenvalue weighted by Gasteiger charge is 2.30. The van der Waals surface area contributed by atoms with Crippen molar-refractivity contribution < 1.29 is 13.6 Å². The van der Waals surface area contributed by atoms with E-state index in [1.165, 1.54) is 7.05 Å². The highest BCUT2D eigenvalue weighted by molar-refractivity contribution is 6.05. The summed E-state index contributed by atoms with van der Waals surface area (Å²) in [6, 6.07) is 8.34. The lowest BCUT2D eigenvalue weighted by atomic mass is 10.1. The van der Waals surface area contributed by atoms with Gasteiger partial charge in [-0.05, 0) is 31.6 Å². The molecule has 1 aromatic carbocycles. The summed E-state index contributed by atoms with van der Waals surface area (Å²) < 4.78 is 28.2. The van der Waals surface area contributed by atoms with Crippen LogP contribution in [0.15, 0.2) is 60.3 Å². The van der Waals surface area contributed by atoms with Crippen molar-refractivity contribution in [1.82, 2.24) is 15.1 Å². The minimum absolute atomic E-state index is 0.0338. The van der Waals surface area contributed by atoms with Crippen LogP contribution in [0.5, 0.6) is 0 Å². The highest BCUT2D eigenvalue weighted by Crippen LogP contribution is 2.26. The molecule has 2 rings (SSSR count). The maximum atomic E-state index is 13.5. The summed E-state index contributed by atoms with van der Waals surface area (Å²) in [6.07, 6.45) is 2.07. The molecule has 30 heavy (non-hydrogen) atoms. The van der Waals surface area contributed by atoms with Gasteiger partial charge < -0.3 is 5.32 Å². The Bertz CT molecular complexity index is 1020. The van der Waals surface area contributed by atoms with Gasteiger partial charge in [0.2, 0.25) is 0 Å². The predicted octanol–water partition coefficient (Wildman–Crippen LogP) is 4.80. The molecule has 1 heterocycles. The van der Waals surface area contributed by atoms with E-state index in [9.17, 15) is 13.6 Å². The number of hydrogen-bond donors (Lipinski definition) is 1. The lowest BCUT2D eigenvalue weighted by Crippen LogP contribution is -2.40. The molecule has 2 aromatic rings. The number of benzene rings is 1. The van der Waals surface area contributed by atoms with Gasteiger partial charge in [-0.15, -0.1) is 5.73 Å². The average Bonchev–Trinajstić information content (AvgIpc) is 3.09. The van der Waals surface area contributed by atoms with Crippen LogP contribution in [0.2, 0.25) is 0 Å². The van der Waals surface area contributed by atoms with Crippen LogP contribution in [-0.2, 0) is 13.0 Å². The van der Waals surface area contributed by atoms with Crippen LogP contribution in [0.1, 0.15) is 47.6 Å². The molecule has 0 saturated carbocycles. The molecule has 0 aliphatic rings. The van der Waals surface area contributed by atoms with Crippen LogP contribution in [0.25, 0.3) is 5.70 Å². The summed E-state index contributed by atoms with van der Waals surface area (Å²) in [5.41, 5.74) is 5.34. The maximum Gasteiger partial charge on any atom is 0.288 e. The lowest BCUT2D eigenvalue weighted by Gasteiger charge is -2.18. The van der Waals surface area contributed by atoms with Crippen molar-refractivity contribution in [2.75, 3.05) is 0 Å². The Balaban J connectivity index is 2.32. The van der Waals surface area contributed by atoms with Crippen LogP contribution in [0.4, 0.5) is 8.78 Å². The van der Waals surface area contributed by atoms with Crippen molar-refractivity contribution in [2.24, 2.45) is 12.0 Å². The zero-order valence-electron chi connectivity index (χ0n) is 17.7. The van der Waals surface area contributed by atoms with Gasteiger partial charge in [0, 0.05) is 19.5 Å². The van der Waals surface area contributed by atoms with Crippen molar-refractivity contribution in [3.8, 4) is 0 Å². The second kappa shape index (κ2) is 9.46. The van der Waals surface area contributed by atoms with E-state index in [1.807, 2.05) is 38.1 Å². The molecule has 0 fully saturated rings. The summed E-state index contributed by atoms with van der Waals surface area (Å²) >= 11 is 0. The van der Waals surface area contributed by atoms with Gasteiger partial charge >= 0.3 is 0 Å². The number of nitrogens with zero attached hydrogens (tertiary/aromatic N) is 3. The molecule has 1 amide bonds. The number of alkyl halides is 2. The van der Waals surface area contributed by atoms with Gasteiger partial charge in [-0.3, -0.25) is 9.48 Å². The van der Waals surface area contributed by atoms with E-state index in [1.54, 1.807) is 6.08 Å². The largest absolute Gasteiger partial charge is 0.342 e. The third kappa shape index (κ3) is 5.39. The predicted molar refractivity (Wildman–Crippen MR) is 116 cm³/mol. The number of halogens is 2. The quantitative estimate of drug-likeness (QED) is 0.500. The molecular formula is C23H26F2N4O. The summed E-state index contributed by atoms with van der Waals surface area (Å²) in [5.74, 6) is -3.66. The van der Waals surface area contributed by atoms with E-state index in [0.29, 0.717) is 17.8 Å². The van der Waals surface area contributed by atoms with Crippen molar-refractivity contribution in [2.45, 2.75) is 39.2 Å². The minimum Gasteiger partial charge on any atom is -0.342 e. The van der Waals surface area contributed by atoms with E-state index in [-0.39, 0.29) is 5.69 Å². The van der Waals surface area contributed by atoms with Crippen LogP contribution in [-0.4, -0.2) is 27.4 Å². The first-order valence-electron chi connectivity index (χ1n) is 9.52. The molecule has 7 heteroatoms. The Hall–Kier alpha value is -3.31. The molecule has 1 unspecified atom stereocenters. The Morgan fingerprint density at radius 1 is 1.43 bits per heavy atom. The Labute approximate surface area is 175 Å². The van der Waals surface area contributed by atoms with Gasteiger partial charge in [-0.25, -0.2) is 4.99 Å². The molecule has 0 saturated heterocycles. The zero-order chi connectivity index (χ0) is 22.5. The molecule has 158 valence electrons. The van der Waals surface area contributed by atoms with Gasteiger partial charge in [-0.1, -0.05) is 43.8 Å². The second-order valence-electron chi connectivity index (χ2n) is 7.00. The molecular weight excluding hydrogens is 386 g/mol. The maximum absolute atomic E-state index is 13.5. The average molecular weight is 412 g/mol. The number of carbonyl (C=O) groups excluding carboxylic acids is 1. The van der Waals surface area contributed by atoms with Crippen LogP contribution >= 0.6 is 0 Å². The van der Waals surface area contributed by atoms with E-state index < -0.39 is 23.6 Å². The minimum atomic E-state index is -3.13. The number of aromatic nitrogens is 2. The lowest BCUT2D eigenvalue weighted by molar-refractivity contribution is 0.0122. The molecule has 0 aliphatic carbocycles. The Morgan fingerprint density at radius 3 is 2.63 bits per heavy atom. The normalized spacial score (nSPS) is 12.8. The third-order valence-electron chi connectivity index (χ3n) is 4.54. The summed E-state index contributed by atoms with van der Waals surface area (Å²) in [4.78, 5) is 17.3. The summed E-state index contributed by atoms with van der Waals surface area (Å²) in [6.45, 7) is 12.1. The number of hydrogen-bond acceptors (Lipinski definition) is 3. The fourth-order valence-electron chi connectivity index (χ4n) is 2.91. The van der Waals surface area contributed by atoms with E-state index in [0.717, 1.165) is 28.8 Å². The fourth-order valence-corrected chi connectivity index (χ4v) is 2.91. The molecule has 5 nitrogen and oxygen atoms in total. The monoisotopic (exact) mass is 412 g/mol. The topological polar surface area (TPSA) is 59.3 Å². The van der Waals surface area contributed by atoms with Crippen molar-refractivity contribution >= 4 is 17.3 Å². The molecule has 0 bridgehead atoms. The van der Waals surface area contributed by atoms with Gasteiger partial charge in [0.05, 0.1) is 11.8 Å². The zero-order valence-corrected chi connectivity index (χ0v) is 17.7. The SMILES string of the molecule is C=C=C(N=C(C=C)C(CC)NC(=O)c1cc(C(C)(F)F)nn1C)c1cccc(C)c1. The van der Waals surface area contributed by atoms with Gasteiger partial charge in [0.25, 0.3) is 11.8 Å². The van der Waals surface area contributed by atoms with E-state index >= 15 is 0 Å². The molecule has 1 N–H and O–H groups in total. The number of carbonyl (C=O) groups is 1. The first-order valence-corrected chi connectivity index (χ1v) is 9.52. The number of nitrogens with one attached hydrogen (secondary N) is 1. The number of rotatable bonds is 8. The van der Waals surface area contributed by atoms with Crippen LogP contribution < -0.4 is 5.32 Å². The number of aliphatic imine (C=N–C) groups is 1. The van der Waals surface area contributed by atoms with E-state index in [4.69, 9.17) is 0 Å². The fraction of sp³-hybridized carbons (Fsp3) is 0.304. The number of amides is 1. The first-order chi connectivity index (χ1) is 14.1. The van der Waals surface area contributed by atoms with Crippen molar-refractivity contribution in [1.29, 1.82) is 0 Å². The van der Waals surface area contributed by atoms with Crippen LogP contribution in [0, 0.1) is 6.92 Å². The molecule has 0 spiro atoms. The third-order valence-corrected chi connectivity index (χ3v) is 4.54. The Kier molecular flexibility index (Phi) is 7.24. The summed E-state index contributed by atoms with van der Waals surface area (Å²) in [7, 11) is 1.45. The van der Waals surface area contributed by atoms with Gasteiger partial charge in [0.1, 0.15) is 17.1 Å². The first kappa shape index (κ1) is 23.0.